The summed E-state index contributed by atoms with van der Waals surface area (Å²) >= 11 is 0. The second-order valence-electron chi connectivity index (χ2n) is 6.54. The molecule has 2 saturated heterocycles. The average Bonchev–Trinajstić information content (AvgIpc) is 3.24. The van der Waals surface area contributed by atoms with E-state index in [-0.39, 0.29) is 17.8 Å². The van der Waals surface area contributed by atoms with Crippen LogP contribution in [-0.4, -0.2) is 41.6 Å². The van der Waals surface area contributed by atoms with Crippen molar-refractivity contribution in [3.05, 3.63) is 35.8 Å². The summed E-state index contributed by atoms with van der Waals surface area (Å²) in [6, 6.07) is 4.86. The van der Waals surface area contributed by atoms with Gasteiger partial charge in [0.25, 0.3) is 5.91 Å². The summed E-state index contributed by atoms with van der Waals surface area (Å²) in [5.74, 6) is 0.314. The summed E-state index contributed by atoms with van der Waals surface area (Å²) in [7, 11) is 0. The van der Waals surface area contributed by atoms with E-state index in [1.54, 1.807) is 12.1 Å². The van der Waals surface area contributed by atoms with Crippen molar-refractivity contribution >= 4 is 16.8 Å². The SMILES string of the molecule is O=C(C1CCCO1)N1CCC(c2c[nH]c3ccc(F)cc23)CC1. The van der Waals surface area contributed by atoms with Crippen molar-refractivity contribution in [1.82, 2.24) is 9.88 Å². The van der Waals surface area contributed by atoms with E-state index >= 15 is 0 Å². The summed E-state index contributed by atoms with van der Waals surface area (Å²) in [5, 5.41) is 0.967. The number of aromatic nitrogens is 1. The smallest absolute Gasteiger partial charge is 0.251 e. The summed E-state index contributed by atoms with van der Waals surface area (Å²) in [6.07, 6.45) is 5.43. The third-order valence-electron chi connectivity index (χ3n) is 5.13. The quantitative estimate of drug-likeness (QED) is 0.925. The lowest BCUT2D eigenvalue weighted by Crippen LogP contribution is -2.43. The van der Waals surface area contributed by atoms with Crippen LogP contribution in [-0.2, 0) is 9.53 Å². The van der Waals surface area contributed by atoms with Crippen LogP contribution in [0.25, 0.3) is 10.9 Å². The van der Waals surface area contributed by atoms with Gasteiger partial charge in [-0.05, 0) is 55.4 Å². The van der Waals surface area contributed by atoms with E-state index in [0.29, 0.717) is 12.5 Å². The number of likely N-dealkylation sites (tertiary alicyclic amines) is 1. The molecule has 0 saturated carbocycles. The molecule has 0 radical (unpaired) electrons. The van der Waals surface area contributed by atoms with Gasteiger partial charge in [-0.3, -0.25) is 4.79 Å². The number of benzene rings is 1. The summed E-state index contributed by atoms with van der Waals surface area (Å²) in [5.41, 5.74) is 2.14. The van der Waals surface area contributed by atoms with Gasteiger partial charge in [-0.15, -0.1) is 0 Å². The van der Waals surface area contributed by atoms with Gasteiger partial charge in [-0.25, -0.2) is 4.39 Å². The van der Waals surface area contributed by atoms with Crippen LogP contribution in [0.1, 0.15) is 37.2 Å². The Bertz CT molecular complexity index is 713. The Kier molecular flexibility index (Phi) is 3.81. The number of carbonyl (C=O) groups is 1. The lowest BCUT2D eigenvalue weighted by Gasteiger charge is -2.33. The largest absolute Gasteiger partial charge is 0.368 e. The van der Waals surface area contributed by atoms with Gasteiger partial charge in [0.15, 0.2) is 0 Å². The highest BCUT2D eigenvalue weighted by Crippen LogP contribution is 2.34. The van der Waals surface area contributed by atoms with Crippen molar-refractivity contribution in [3.8, 4) is 0 Å². The number of piperidine rings is 1. The van der Waals surface area contributed by atoms with Gasteiger partial charge in [0, 0.05) is 36.8 Å². The van der Waals surface area contributed by atoms with Crippen molar-refractivity contribution in [2.45, 2.75) is 37.7 Å². The number of carbonyl (C=O) groups excluding carboxylic acids is 1. The average molecular weight is 316 g/mol. The molecular weight excluding hydrogens is 295 g/mol. The van der Waals surface area contributed by atoms with Gasteiger partial charge in [0.05, 0.1) is 0 Å². The molecule has 0 spiro atoms. The molecule has 3 heterocycles. The number of nitrogens with one attached hydrogen (secondary N) is 1. The standard InChI is InChI=1S/C18H21FN2O2/c19-13-3-4-16-14(10-13)15(11-20-16)12-5-7-21(8-6-12)18(22)17-2-1-9-23-17/h3-4,10-12,17,20H,1-2,5-9H2. The van der Waals surface area contributed by atoms with Crippen LogP contribution in [0.15, 0.2) is 24.4 Å². The first-order valence-electron chi connectivity index (χ1n) is 8.39. The molecule has 4 nitrogen and oxygen atoms in total. The first kappa shape index (κ1) is 14.7. The molecule has 1 unspecified atom stereocenters. The summed E-state index contributed by atoms with van der Waals surface area (Å²) < 4.78 is 19.0. The Morgan fingerprint density at radius 1 is 1.26 bits per heavy atom. The molecule has 1 aromatic heterocycles. The summed E-state index contributed by atoms with van der Waals surface area (Å²) in [4.78, 5) is 17.6. The molecule has 1 aromatic carbocycles. The molecule has 2 aromatic rings. The molecule has 1 N–H and O–H groups in total. The second-order valence-corrected chi connectivity index (χ2v) is 6.54. The number of hydrogen-bond acceptors (Lipinski definition) is 2. The van der Waals surface area contributed by atoms with Crippen molar-refractivity contribution in [2.75, 3.05) is 19.7 Å². The fourth-order valence-electron chi connectivity index (χ4n) is 3.84. The molecule has 2 fully saturated rings. The summed E-state index contributed by atoms with van der Waals surface area (Å²) in [6.45, 7) is 2.21. The van der Waals surface area contributed by atoms with Gasteiger partial charge in [-0.2, -0.15) is 0 Å². The molecule has 23 heavy (non-hydrogen) atoms. The Morgan fingerprint density at radius 2 is 2.09 bits per heavy atom. The van der Waals surface area contributed by atoms with Crippen molar-refractivity contribution < 1.29 is 13.9 Å². The number of rotatable bonds is 2. The number of nitrogens with zero attached hydrogens (tertiary/aromatic N) is 1. The van der Waals surface area contributed by atoms with Crippen LogP contribution < -0.4 is 0 Å². The normalized spacial score (nSPS) is 22.8. The minimum absolute atomic E-state index is 0.144. The number of H-pyrrole nitrogens is 1. The van der Waals surface area contributed by atoms with Crippen LogP contribution >= 0.6 is 0 Å². The first-order valence-corrected chi connectivity index (χ1v) is 8.39. The van der Waals surface area contributed by atoms with E-state index in [9.17, 15) is 9.18 Å². The minimum Gasteiger partial charge on any atom is -0.368 e. The molecular formula is C18H21FN2O2. The number of fused-ring (bicyclic) bond motifs is 1. The van der Waals surface area contributed by atoms with Crippen molar-refractivity contribution in [2.24, 2.45) is 0 Å². The predicted molar refractivity (Wildman–Crippen MR) is 85.8 cm³/mol. The predicted octanol–water partition coefficient (Wildman–Crippen LogP) is 3.19. The van der Waals surface area contributed by atoms with E-state index in [0.717, 1.165) is 49.7 Å². The Morgan fingerprint density at radius 3 is 2.83 bits per heavy atom. The first-order chi connectivity index (χ1) is 11.2. The van der Waals surface area contributed by atoms with Crippen LogP contribution in [0.5, 0.6) is 0 Å². The van der Waals surface area contributed by atoms with E-state index in [1.165, 1.54) is 11.6 Å². The van der Waals surface area contributed by atoms with E-state index in [2.05, 4.69) is 4.98 Å². The molecule has 2 aliphatic rings. The van der Waals surface area contributed by atoms with Crippen molar-refractivity contribution in [3.63, 3.8) is 0 Å². The highest BCUT2D eigenvalue weighted by atomic mass is 19.1. The number of hydrogen-bond donors (Lipinski definition) is 1. The van der Waals surface area contributed by atoms with E-state index in [4.69, 9.17) is 4.74 Å². The van der Waals surface area contributed by atoms with Crippen LogP contribution in [0.4, 0.5) is 4.39 Å². The third kappa shape index (κ3) is 2.74. The molecule has 0 aliphatic carbocycles. The van der Waals surface area contributed by atoms with Crippen LogP contribution in [0, 0.1) is 5.82 Å². The minimum atomic E-state index is -0.228. The topological polar surface area (TPSA) is 45.3 Å². The fourth-order valence-corrected chi connectivity index (χ4v) is 3.84. The zero-order valence-corrected chi connectivity index (χ0v) is 13.1. The maximum absolute atomic E-state index is 13.5. The molecule has 4 rings (SSSR count). The number of halogens is 1. The van der Waals surface area contributed by atoms with Crippen LogP contribution in [0.2, 0.25) is 0 Å². The van der Waals surface area contributed by atoms with Gasteiger partial charge in [-0.1, -0.05) is 0 Å². The molecule has 1 atom stereocenters. The lowest BCUT2D eigenvalue weighted by atomic mass is 9.89. The third-order valence-corrected chi connectivity index (χ3v) is 5.13. The monoisotopic (exact) mass is 316 g/mol. The Hall–Kier alpha value is -1.88. The van der Waals surface area contributed by atoms with Gasteiger partial charge >= 0.3 is 0 Å². The molecule has 5 heteroatoms. The highest BCUT2D eigenvalue weighted by molar-refractivity contribution is 5.84. The van der Waals surface area contributed by atoms with E-state index < -0.39 is 0 Å². The molecule has 1 amide bonds. The van der Waals surface area contributed by atoms with Crippen molar-refractivity contribution in [1.29, 1.82) is 0 Å². The van der Waals surface area contributed by atoms with E-state index in [1.807, 2.05) is 11.1 Å². The maximum atomic E-state index is 13.5. The Balaban J connectivity index is 1.46. The number of ether oxygens (including phenoxy) is 1. The van der Waals surface area contributed by atoms with Gasteiger partial charge in [0.2, 0.25) is 0 Å². The highest BCUT2D eigenvalue weighted by Gasteiger charge is 2.31. The zero-order chi connectivity index (χ0) is 15.8. The molecule has 0 bridgehead atoms. The van der Waals surface area contributed by atoms with Gasteiger partial charge < -0.3 is 14.6 Å². The van der Waals surface area contributed by atoms with Gasteiger partial charge in [0.1, 0.15) is 11.9 Å². The lowest BCUT2D eigenvalue weighted by molar-refractivity contribution is -0.142. The second kappa shape index (κ2) is 5.96. The number of aromatic amines is 1. The van der Waals surface area contributed by atoms with Crippen LogP contribution in [0.3, 0.4) is 0 Å². The Labute approximate surface area is 134 Å². The zero-order valence-electron chi connectivity index (χ0n) is 13.1. The molecule has 2 aliphatic heterocycles. The molecule has 122 valence electrons. The maximum Gasteiger partial charge on any atom is 0.251 e. The fraction of sp³-hybridized carbons (Fsp3) is 0.500. The number of amides is 1.